The largest absolute Gasteiger partial charge is 0.496 e. The number of anilines is 1. The van der Waals surface area contributed by atoms with Crippen molar-refractivity contribution in [3.8, 4) is 5.75 Å². The molecule has 0 fully saturated rings. The van der Waals surface area contributed by atoms with E-state index >= 15 is 0 Å². The number of carbonyl (C=O) groups is 2. The van der Waals surface area contributed by atoms with Crippen LogP contribution in [-0.4, -0.2) is 37.5 Å². The van der Waals surface area contributed by atoms with Crippen LogP contribution in [0.15, 0.2) is 46.4 Å². The number of ether oxygens (including phenoxy) is 1. The van der Waals surface area contributed by atoms with Crippen molar-refractivity contribution >= 4 is 52.3 Å². The molecule has 0 atom stereocenters. The van der Waals surface area contributed by atoms with E-state index in [9.17, 15) is 9.59 Å². The van der Waals surface area contributed by atoms with E-state index in [2.05, 4.69) is 15.3 Å². The number of halogens is 2. The minimum atomic E-state index is -0.439. The van der Waals surface area contributed by atoms with Crippen LogP contribution in [0.3, 0.4) is 0 Å². The number of hydrogen-bond donors (Lipinski definition) is 2. The number of rotatable bonds is 7. The highest BCUT2D eigenvalue weighted by molar-refractivity contribution is 6.39. The van der Waals surface area contributed by atoms with E-state index < -0.39 is 5.91 Å². The zero-order valence-electron chi connectivity index (χ0n) is 16.8. The lowest BCUT2D eigenvalue weighted by Crippen LogP contribution is -2.19. The first-order valence-corrected chi connectivity index (χ1v) is 9.71. The van der Waals surface area contributed by atoms with E-state index in [0.29, 0.717) is 22.7 Å². The van der Waals surface area contributed by atoms with E-state index in [0.717, 1.165) is 5.56 Å². The third-order valence-electron chi connectivity index (χ3n) is 4.06. The average molecular weight is 449 g/mol. The summed E-state index contributed by atoms with van der Waals surface area (Å²) in [5.74, 6) is -0.00554. The molecule has 0 heterocycles. The van der Waals surface area contributed by atoms with Crippen LogP contribution in [0, 0.1) is 0 Å². The van der Waals surface area contributed by atoms with Gasteiger partial charge >= 0.3 is 0 Å². The second-order valence-corrected chi connectivity index (χ2v) is 7.15. The minimum Gasteiger partial charge on any atom is -0.496 e. The molecule has 0 bridgehead atoms. The Hall–Kier alpha value is -2.90. The third kappa shape index (κ3) is 6.30. The summed E-state index contributed by atoms with van der Waals surface area (Å²) in [4.78, 5) is 31.8. The fraction of sp³-hybridized carbons (Fsp3) is 0.238. The molecular weight excluding hydrogens is 427 g/mol. The molecule has 0 radical (unpaired) electrons. The molecule has 0 aromatic heterocycles. The van der Waals surface area contributed by atoms with Crippen molar-refractivity contribution in [2.75, 3.05) is 19.5 Å². The van der Waals surface area contributed by atoms with Gasteiger partial charge in [-0.3, -0.25) is 14.6 Å². The van der Waals surface area contributed by atoms with E-state index in [4.69, 9.17) is 33.7 Å². The zero-order valence-corrected chi connectivity index (χ0v) is 18.3. The first-order chi connectivity index (χ1) is 14.2. The zero-order chi connectivity index (χ0) is 22.3. The highest BCUT2D eigenvalue weighted by Crippen LogP contribution is 2.32. The number of amidine groups is 1. The van der Waals surface area contributed by atoms with Crippen LogP contribution in [0.25, 0.3) is 0 Å². The number of carbonyl (C=O) groups excluding carboxylic acids is 2. The standard InChI is InChI=1S/C21H22Cl2N4O3/c1-12(28)26-21-15(22)8-13(9-16(21)23)10-19(24)27-20(29)11-17(25-2)14-6-4-5-7-18(14)30-3/h4-9H,10-11H2,1-3H3,(H,26,28)(H2,24,27,29)/b25-17+. The van der Waals surface area contributed by atoms with Gasteiger partial charge in [-0.15, -0.1) is 0 Å². The van der Waals surface area contributed by atoms with Gasteiger partial charge in [0.15, 0.2) is 0 Å². The smallest absolute Gasteiger partial charge is 0.253 e. The average Bonchev–Trinajstić information content (AvgIpc) is 2.68. The van der Waals surface area contributed by atoms with Gasteiger partial charge in [-0.2, -0.15) is 0 Å². The number of aliphatic imine (C=N–C) groups is 2. The molecule has 9 heteroatoms. The molecule has 0 saturated carbocycles. The molecule has 3 N–H and O–H groups in total. The molecule has 0 spiro atoms. The van der Waals surface area contributed by atoms with Crippen molar-refractivity contribution < 1.29 is 14.3 Å². The van der Waals surface area contributed by atoms with Crippen LogP contribution in [-0.2, 0) is 16.0 Å². The molecule has 0 saturated heterocycles. The summed E-state index contributed by atoms with van der Waals surface area (Å²) in [6.45, 7) is 1.36. The van der Waals surface area contributed by atoms with Gasteiger partial charge in [0.1, 0.15) is 11.6 Å². The van der Waals surface area contributed by atoms with E-state index in [1.165, 1.54) is 6.92 Å². The maximum atomic E-state index is 12.4. The fourth-order valence-corrected chi connectivity index (χ4v) is 3.42. The van der Waals surface area contributed by atoms with Gasteiger partial charge in [-0.1, -0.05) is 35.3 Å². The predicted octanol–water partition coefficient (Wildman–Crippen LogP) is 3.90. The molecule has 30 heavy (non-hydrogen) atoms. The van der Waals surface area contributed by atoms with Gasteiger partial charge in [0.05, 0.1) is 35.0 Å². The lowest BCUT2D eigenvalue weighted by molar-refractivity contribution is -0.116. The van der Waals surface area contributed by atoms with Crippen molar-refractivity contribution in [2.24, 2.45) is 15.7 Å². The topological polar surface area (TPSA) is 106 Å². The second kappa shape index (κ2) is 10.8. The molecular formula is C21H22Cl2N4O3. The number of nitrogens with two attached hydrogens (primary N) is 1. The molecule has 2 rings (SSSR count). The van der Waals surface area contributed by atoms with Crippen LogP contribution >= 0.6 is 23.2 Å². The van der Waals surface area contributed by atoms with Crippen molar-refractivity contribution in [1.82, 2.24) is 0 Å². The van der Waals surface area contributed by atoms with Gasteiger partial charge in [0, 0.05) is 26.0 Å². The van der Waals surface area contributed by atoms with Crippen molar-refractivity contribution in [3.63, 3.8) is 0 Å². The number of nitrogens with one attached hydrogen (secondary N) is 1. The Labute approximate surface area is 184 Å². The SMILES string of the molecule is C/N=C(\CC(=O)/N=C(\N)Cc1cc(Cl)c(NC(C)=O)c(Cl)c1)c1ccccc1OC. The second-order valence-electron chi connectivity index (χ2n) is 6.34. The number of nitrogens with zero attached hydrogens (tertiary/aromatic N) is 2. The van der Waals surface area contributed by atoms with E-state index in [-0.39, 0.29) is 34.6 Å². The van der Waals surface area contributed by atoms with Crippen LogP contribution in [0.1, 0.15) is 24.5 Å². The summed E-state index contributed by atoms with van der Waals surface area (Å²) in [6.07, 6.45) is 0.138. The summed E-state index contributed by atoms with van der Waals surface area (Å²) in [5.41, 5.74) is 8.18. The molecule has 2 aromatic carbocycles. The van der Waals surface area contributed by atoms with Gasteiger partial charge in [0.25, 0.3) is 5.91 Å². The summed E-state index contributed by atoms with van der Waals surface area (Å²) in [5, 5.41) is 3.10. The molecule has 0 unspecified atom stereocenters. The molecule has 2 amide bonds. The lowest BCUT2D eigenvalue weighted by atomic mass is 10.1. The summed E-state index contributed by atoms with van der Waals surface area (Å²) in [7, 11) is 3.15. The molecule has 158 valence electrons. The molecule has 0 aliphatic rings. The number of hydrogen-bond acceptors (Lipinski definition) is 4. The molecule has 7 nitrogen and oxygen atoms in total. The predicted molar refractivity (Wildman–Crippen MR) is 121 cm³/mol. The summed E-state index contributed by atoms with van der Waals surface area (Å²) in [6, 6.07) is 10.5. The fourth-order valence-electron chi connectivity index (χ4n) is 2.79. The highest BCUT2D eigenvalue weighted by Gasteiger charge is 2.14. The van der Waals surface area contributed by atoms with Gasteiger partial charge in [-0.05, 0) is 29.8 Å². The van der Waals surface area contributed by atoms with Gasteiger partial charge < -0.3 is 15.8 Å². The first kappa shape index (κ1) is 23.4. The van der Waals surface area contributed by atoms with Gasteiger partial charge in [-0.25, -0.2) is 4.99 Å². The summed E-state index contributed by atoms with van der Waals surface area (Å²) < 4.78 is 5.32. The Morgan fingerprint density at radius 2 is 1.80 bits per heavy atom. The summed E-state index contributed by atoms with van der Waals surface area (Å²) >= 11 is 12.4. The minimum absolute atomic E-state index is 0.0272. The quantitative estimate of drug-likeness (QED) is 0.494. The number of methoxy groups -OCH3 is 1. The molecule has 2 aromatic rings. The number of benzene rings is 2. The van der Waals surface area contributed by atoms with Crippen molar-refractivity contribution in [2.45, 2.75) is 19.8 Å². The Kier molecular flexibility index (Phi) is 8.38. The van der Waals surface area contributed by atoms with Crippen LogP contribution in [0.2, 0.25) is 10.0 Å². The van der Waals surface area contributed by atoms with E-state index in [1.54, 1.807) is 32.4 Å². The normalized spacial score (nSPS) is 11.9. The lowest BCUT2D eigenvalue weighted by Gasteiger charge is -2.11. The third-order valence-corrected chi connectivity index (χ3v) is 4.66. The Morgan fingerprint density at radius 1 is 1.17 bits per heavy atom. The van der Waals surface area contributed by atoms with Crippen molar-refractivity contribution in [1.29, 1.82) is 0 Å². The van der Waals surface area contributed by atoms with Crippen LogP contribution in [0.4, 0.5) is 5.69 Å². The Bertz CT molecular complexity index is 996. The van der Waals surface area contributed by atoms with Gasteiger partial charge in [0.2, 0.25) is 5.91 Å². The number of amides is 2. The van der Waals surface area contributed by atoms with Crippen LogP contribution < -0.4 is 15.8 Å². The van der Waals surface area contributed by atoms with E-state index in [1.807, 2.05) is 18.2 Å². The van der Waals surface area contributed by atoms with Crippen LogP contribution in [0.5, 0.6) is 5.75 Å². The molecule has 0 aliphatic carbocycles. The first-order valence-electron chi connectivity index (χ1n) is 8.95. The maximum absolute atomic E-state index is 12.4. The highest BCUT2D eigenvalue weighted by atomic mass is 35.5. The number of para-hydroxylation sites is 1. The maximum Gasteiger partial charge on any atom is 0.253 e. The van der Waals surface area contributed by atoms with Crippen molar-refractivity contribution in [3.05, 3.63) is 57.6 Å². The Balaban J connectivity index is 2.13. The Morgan fingerprint density at radius 3 is 2.37 bits per heavy atom. The monoisotopic (exact) mass is 448 g/mol. The molecule has 0 aliphatic heterocycles.